The molecule has 4 unspecified atom stereocenters. The van der Waals surface area contributed by atoms with E-state index in [2.05, 4.69) is 38.1 Å². The lowest BCUT2D eigenvalue weighted by molar-refractivity contribution is -0.152. The van der Waals surface area contributed by atoms with Crippen molar-refractivity contribution in [2.75, 3.05) is 33.0 Å². The second kappa shape index (κ2) is 16.2. The number of benzene rings is 2. The molecule has 0 aromatic heterocycles. The van der Waals surface area contributed by atoms with Crippen molar-refractivity contribution in [2.24, 2.45) is 11.8 Å². The molecule has 2 rings (SSSR count). The van der Waals surface area contributed by atoms with Gasteiger partial charge in [0.2, 0.25) is 0 Å². The topological polar surface area (TPSA) is 82.1 Å². The van der Waals surface area contributed by atoms with Gasteiger partial charge in [0.15, 0.2) is 0 Å². The number of carboxylic acids is 1. The molecule has 0 radical (unpaired) electrons. The first-order chi connectivity index (χ1) is 17.8. The summed E-state index contributed by atoms with van der Waals surface area (Å²) in [7, 11) is 0. The molecule has 0 bridgehead atoms. The third-order valence-corrected chi connectivity index (χ3v) is 7.09. The molecule has 0 saturated heterocycles. The van der Waals surface area contributed by atoms with Gasteiger partial charge in [0.05, 0.1) is 31.7 Å². The minimum absolute atomic E-state index is 0.148. The fraction of sp³-hybridized carbons (Fsp3) is 0.548. The van der Waals surface area contributed by atoms with Crippen LogP contribution in [0.2, 0.25) is 0 Å². The fourth-order valence-corrected chi connectivity index (χ4v) is 5.01. The summed E-state index contributed by atoms with van der Waals surface area (Å²) in [6.07, 6.45) is 2.01. The summed E-state index contributed by atoms with van der Waals surface area (Å²) in [6, 6.07) is 20.4. The van der Waals surface area contributed by atoms with E-state index in [4.69, 9.17) is 14.2 Å². The van der Waals surface area contributed by atoms with Crippen LogP contribution in [0, 0.1) is 11.8 Å². The molecule has 6 heteroatoms. The number of aliphatic carboxylic acids is 1. The molecule has 0 aliphatic heterocycles. The summed E-state index contributed by atoms with van der Waals surface area (Å²) in [4.78, 5) is 25.2. The molecule has 37 heavy (non-hydrogen) atoms. The van der Waals surface area contributed by atoms with E-state index in [1.165, 1.54) is 5.56 Å². The van der Waals surface area contributed by atoms with Gasteiger partial charge in [0, 0.05) is 6.61 Å². The highest BCUT2D eigenvalue weighted by molar-refractivity contribution is 5.75. The molecular weight excluding hydrogens is 468 g/mol. The van der Waals surface area contributed by atoms with Crippen LogP contribution in [0.1, 0.15) is 70.4 Å². The molecule has 6 nitrogen and oxygen atoms in total. The molecule has 2 aromatic carbocycles. The summed E-state index contributed by atoms with van der Waals surface area (Å²) in [6.45, 7) is 10.2. The Morgan fingerprint density at radius 1 is 0.838 bits per heavy atom. The monoisotopic (exact) mass is 512 g/mol. The number of rotatable bonds is 18. The first-order valence-electron chi connectivity index (χ1n) is 13.5. The second-order valence-corrected chi connectivity index (χ2v) is 10.00. The molecule has 204 valence electrons. The predicted molar refractivity (Wildman–Crippen MR) is 146 cm³/mol. The van der Waals surface area contributed by atoms with Crippen LogP contribution in [-0.4, -0.2) is 50.1 Å². The summed E-state index contributed by atoms with van der Waals surface area (Å²) < 4.78 is 16.0. The molecule has 4 atom stereocenters. The number of carbonyl (C=O) groups is 2. The Labute approximate surface area is 222 Å². The Morgan fingerprint density at radius 2 is 1.43 bits per heavy atom. The maximum absolute atomic E-state index is 12.8. The lowest BCUT2D eigenvalue weighted by Gasteiger charge is -2.36. The lowest BCUT2D eigenvalue weighted by atomic mass is 9.68. The highest BCUT2D eigenvalue weighted by Gasteiger charge is 2.37. The van der Waals surface area contributed by atoms with Crippen molar-refractivity contribution >= 4 is 11.9 Å². The summed E-state index contributed by atoms with van der Waals surface area (Å²) in [5.41, 5.74) is 1.97. The van der Waals surface area contributed by atoms with Crippen molar-refractivity contribution in [1.29, 1.82) is 0 Å². The third-order valence-electron chi connectivity index (χ3n) is 7.09. The predicted octanol–water partition coefficient (Wildman–Crippen LogP) is 6.24. The molecule has 2 aromatic rings. The van der Waals surface area contributed by atoms with Gasteiger partial charge in [-0.25, -0.2) is 0 Å². The van der Waals surface area contributed by atoms with Gasteiger partial charge in [-0.2, -0.15) is 0 Å². The number of ether oxygens (including phenoxy) is 3. The Balaban J connectivity index is 2.09. The van der Waals surface area contributed by atoms with E-state index in [9.17, 15) is 14.7 Å². The average Bonchev–Trinajstić information content (AvgIpc) is 2.91. The normalized spacial score (nSPS) is 15.4. The quantitative estimate of drug-likeness (QED) is 0.188. The first-order valence-corrected chi connectivity index (χ1v) is 13.5. The van der Waals surface area contributed by atoms with Crippen LogP contribution in [-0.2, 0) is 29.2 Å². The molecule has 0 saturated carbocycles. The number of hydrogen-bond donors (Lipinski definition) is 1. The number of hydrogen-bond acceptors (Lipinski definition) is 5. The minimum Gasteiger partial charge on any atom is -0.481 e. The van der Waals surface area contributed by atoms with E-state index < -0.39 is 17.8 Å². The zero-order chi connectivity index (χ0) is 27.1. The van der Waals surface area contributed by atoms with Gasteiger partial charge in [-0.15, -0.1) is 0 Å². The largest absolute Gasteiger partial charge is 0.481 e. The van der Waals surface area contributed by atoms with Crippen LogP contribution >= 0.6 is 0 Å². The highest BCUT2D eigenvalue weighted by atomic mass is 16.6. The van der Waals surface area contributed by atoms with E-state index in [-0.39, 0.29) is 30.3 Å². The van der Waals surface area contributed by atoms with Crippen LogP contribution in [0.4, 0.5) is 0 Å². The van der Waals surface area contributed by atoms with Crippen molar-refractivity contribution in [3.8, 4) is 0 Å². The van der Waals surface area contributed by atoms with E-state index in [0.717, 1.165) is 12.0 Å². The van der Waals surface area contributed by atoms with Crippen LogP contribution in [0.25, 0.3) is 0 Å². The van der Waals surface area contributed by atoms with Crippen molar-refractivity contribution in [3.05, 3.63) is 71.8 Å². The van der Waals surface area contributed by atoms with E-state index in [1.54, 1.807) is 0 Å². The second-order valence-electron chi connectivity index (χ2n) is 10.00. The Bertz CT molecular complexity index is 916. The van der Waals surface area contributed by atoms with Crippen molar-refractivity contribution in [2.45, 2.75) is 64.7 Å². The Kier molecular flexibility index (Phi) is 13.4. The molecule has 0 spiro atoms. The molecule has 0 aliphatic rings. The van der Waals surface area contributed by atoms with Gasteiger partial charge >= 0.3 is 11.9 Å². The maximum Gasteiger partial charge on any atom is 0.309 e. The summed E-state index contributed by atoms with van der Waals surface area (Å²) >= 11 is 0. The number of esters is 1. The molecule has 0 heterocycles. The van der Waals surface area contributed by atoms with Gasteiger partial charge < -0.3 is 19.3 Å². The molecule has 0 amide bonds. The van der Waals surface area contributed by atoms with E-state index in [1.807, 2.05) is 50.2 Å². The zero-order valence-electron chi connectivity index (χ0n) is 22.9. The van der Waals surface area contributed by atoms with Crippen molar-refractivity contribution in [1.82, 2.24) is 0 Å². The van der Waals surface area contributed by atoms with Crippen LogP contribution in [0.5, 0.6) is 0 Å². The Morgan fingerprint density at radius 3 is 2.03 bits per heavy atom. The standard InChI is InChI=1S/C31H44O6/c1-5-25(30(34)37-20-19-36-18-17-35-6-2)21-27(29(32)33)23-31(4,28-15-11-8-12-16-28)22-24(3)26-13-9-7-10-14-26/h7-16,24-25,27H,5-6,17-23H2,1-4H3,(H,32,33). The molecule has 1 N–H and O–H groups in total. The number of carboxylic acid groups (broad SMARTS) is 1. The van der Waals surface area contributed by atoms with Crippen molar-refractivity contribution in [3.63, 3.8) is 0 Å². The lowest BCUT2D eigenvalue weighted by Crippen LogP contribution is -2.33. The van der Waals surface area contributed by atoms with E-state index >= 15 is 0 Å². The zero-order valence-corrected chi connectivity index (χ0v) is 22.9. The van der Waals surface area contributed by atoms with Gasteiger partial charge in [0.25, 0.3) is 0 Å². The van der Waals surface area contributed by atoms with Gasteiger partial charge in [-0.3, -0.25) is 9.59 Å². The smallest absolute Gasteiger partial charge is 0.309 e. The number of carbonyl (C=O) groups excluding carboxylic acids is 1. The van der Waals surface area contributed by atoms with Gasteiger partial charge in [-0.05, 0) is 55.1 Å². The molecular formula is C31H44O6. The van der Waals surface area contributed by atoms with Gasteiger partial charge in [0.1, 0.15) is 6.61 Å². The van der Waals surface area contributed by atoms with Crippen LogP contribution < -0.4 is 0 Å². The molecule has 0 aliphatic carbocycles. The van der Waals surface area contributed by atoms with Crippen molar-refractivity contribution < 1.29 is 28.9 Å². The first kappa shape index (κ1) is 30.5. The van der Waals surface area contributed by atoms with Gasteiger partial charge in [-0.1, -0.05) is 81.4 Å². The molecule has 0 fully saturated rings. The minimum atomic E-state index is -0.875. The maximum atomic E-state index is 12.8. The summed E-state index contributed by atoms with van der Waals surface area (Å²) in [5, 5.41) is 10.2. The average molecular weight is 513 g/mol. The van der Waals surface area contributed by atoms with E-state index in [0.29, 0.717) is 39.3 Å². The van der Waals surface area contributed by atoms with Crippen LogP contribution in [0.15, 0.2) is 60.7 Å². The highest BCUT2D eigenvalue weighted by Crippen LogP contribution is 2.41. The fourth-order valence-electron chi connectivity index (χ4n) is 5.01. The van der Waals surface area contributed by atoms with Crippen LogP contribution in [0.3, 0.4) is 0 Å². The third kappa shape index (κ3) is 10.3. The summed E-state index contributed by atoms with van der Waals surface area (Å²) in [5.74, 6) is -2.14. The Hall–Kier alpha value is -2.70. The SMILES string of the molecule is CCOCCOCCOC(=O)C(CC)CC(CC(C)(CC(C)c1ccccc1)c1ccccc1)C(=O)O.